The summed E-state index contributed by atoms with van der Waals surface area (Å²) in [5.74, 6) is -0.302. The maximum Gasteiger partial charge on any atom is 0.255 e. The fourth-order valence-corrected chi connectivity index (χ4v) is 2.27. The van der Waals surface area contributed by atoms with Crippen LogP contribution in [0.2, 0.25) is 0 Å². The van der Waals surface area contributed by atoms with Crippen LogP contribution in [-0.2, 0) is 4.79 Å². The van der Waals surface area contributed by atoms with Crippen LogP contribution >= 0.6 is 11.8 Å². The number of nitrogens with one attached hydrogen (secondary N) is 1. The van der Waals surface area contributed by atoms with Crippen molar-refractivity contribution in [3.05, 3.63) is 36.0 Å². The van der Waals surface area contributed by atoms with Crippen LogP contribution in [0.3, 0.4) is 0 Å². The molecule has 0 bridgehead atoms. The Morgan fingerprint density at radius 3 is 3.05 bits per heavy atom. The summed E-state index contributed by atoms with van der Waals surface area (Å²) in [7, 11) is 0. The lowest BCUT2D eigenvalue weighted by molar-refractivity contribution is -0.115. The number of carbonyl (C=O) groups excluding carboxylic acids is 1. The quantitative estimate of drug-likeness (QED) is 0.655. The van der Waals surface area contributed by atoms with Gasteiger partial charge in [-0.25, -0.2) is 9.37 Å². The predicted octanol–water partition coefficient (Wildman–Crippen LogP) is 2.83. The van der Waals surface area contributed by atoms with Gasteiger partial charge in [0.05, 0.1) is 11.4 Å². The van der Waals surface area contributed by atoms with E-state index in [0.717, 1.165) is 5.69 Å². The number of oxazole rings is 1. The molecule has 0 fully saturated rings. The number of amides is 1. The topological polar surface area (TPSA) is 81.2 Å². The highest BCUT2D eigenvalue weighted by atomic mass is 32.2. The Morgan fingerprint density at radius 1 is 1.55 bits per heavy atom. The van der Waals surface area contributed by atoms with Gasteiger partial charge in [0.25, 0.3) is 5.22 Å². The fraction of sp³-hybridized carbons (Fsp3) is 0.231. The number of hydrogen-bond acceptors (Lipinski definition) is 5. The van der Waals surface area contributed by atoms with Crippen molar-refractivity contribution in [1.82, 2.24) is 4.98 Å². The van der Waals surface area contributed by atoms with Crippen molar-refractivity contribution in [2.45, 2.75) is 18.6 Å². The normalized spacial score (nSPS) is 10.5. The number of nitrogens with two attached hydrogens (primary N) is 1. The zero-order chi connectivity index (χ0) is 14.5. The first-order valence-corrected chi connectivity index (χ1v) is 6.93. The number of anilines is 2. The third-order valence-corrected chi connectivity index (χ3v) is 3.26. The molecule has 2 rings (SSSR count). The SMILES string of the molecule is Cc1coc(SCCC(=O)Nc2cc(N)ccc2F)n1. The lowest BCUT2D eigenvalue weighted by Gasteiger charge is -2.06. The maximum atomic E-state index is 13.4. The maximum absolute atomic E-state index is 13.4. The lowest BCUT2D eigenvalue weighted by Crippen LogP contribution is -2.13. The first-order chi connectivity index (χ1) is 9.54. The second kappa shape index (κ2) is 6.42. The third kappa shape index (κ3) is 3.99. The van der Waals surface area contributed by atoms with Crippen LogP contribution in [0.25, 0.3) is 0 Å². The average molecular weight is 295 g/mol. The van der Waals surface area contributed by atoms with Gasteiger partial charge in [-0.3, -0.25) is 4.79 Å². The summed E-state index contributed by atoms with van der Waals surface area (Å²) in [6.07, 6.45) is 1.77. The van der Waals surface area contributed by atoms with Crippen molar-refractivity contribution in [2.24, 2.45) is 0 Å². The smallest absolute Gasteiger partial charge is 0.255 e. The van der Waals surface area contributed by atoms with Crippen LogP contribution in [0, 0.1) is 12.7 Å². The number of halogens is 1. The Morgan fingerprint density at radius 2 is 2.35 bits per heavy atom. The first kappa shape index (κ1) is 14.4. The molecule has 7 heteroatoms. The second-order valence-corrected chi connectivity index (χ2v) is 5.19. The van der Waals surface area contributed by atoms with Crippen molar-refractivity contribution < 1.29 is 13.6 Å². The number of nitrogens with zero attached hydrogens (tertiary/aromatic N) is 1. The van der Waals surface area contributed by atoms with Crippen LogP contribution in [0.1, 0.15) is 12.1 Å². The Kier molecular flexibility index (Phi) is 4.62. The number of aromatic nitrogens is 1. The lowest BCUT2D eigenvalue weighted by atomic mass is 10.2. The number of rotatable bonds is 5. The molecule has 3 N–H and O–H groups in total. The number of nitrogen functional groups attached to an aromatic ring is 1. The molecule has 1 aromatic carbocycles. The number of thioether (sulfide) groups is 1. The van der Waals surface area contributed by atoms with Crippen LogP contribution in [0.15, 0.2) is 34.1 Å². The minimum Gasteiger partial charge on any atom is -0.440 e. The van der Waals surface area contributed by atoms with Crippen LogP contribution in [-0.4, -0.2) is 16.6 Å². The van der Waals surface area contributed by atoms with Crippen LogP contribution < -0.4 is 11.1 Å². The fourth-order valence-electron chi connectivity index (χ4n) is 1.48. The monoisotopic (exact) mass is 295 g/mol. The molecule has 0 spiro atoms. The molecule has 0 saturated carbocycles. The van der Waals surface area contributed by atoms with E-state index >= 15 is 0 Å². The molecule has 0 saturated heterocycles. The molecule has 2 aromatic rings. The Bertz CT molecular complexity index is 615. The summed E-state index contributed by atoms with van der Waals surface area (Å²) >= 11 is 1.33. The molecule has 20 heavy (non-hydrogen) atoms. The number of hydrogen-bond donors (Lipinski definition) is 2. The summed E-state index contributed by atoms with van der Waals surface area (Å²) in [5, 5.41) is 3.00. The first-order valence-electron chi connectivity index (χ1n) is 5.94. The molecule has 0 aliphatic heterocycles. The largest absolute Gasteiger partial charge is 0.440 e. The van der Waals surface area contributed by atoms with Crippen LogP contribution in [0.5, 0.6) is 0 Å². The second-order valence-electron chi connectivity index (χ2n) is 4.14. The van der Waals surface area contributed by atoms with Crippen molar-refractivity contribution >= 4 is 29.0 Å². The molecule has 0 aliphatic carbocycles. The third-order valence-electron chi connectivity index (χ3n) is 2.42. The zero-order valence-corrected chi connectivity index (χ0v) is 11.7. The minimum atomic E-state index is -0.511. The molecule has 0 atom stereocenters. The van der Waals surface area contributed by atoms with Gasteiger partial charge in [0, 0.05) is 17.9 Å². The van der Waals surface area contributed by atoms with Gasteiger partial charge < -0.3 is 15.5 Å². The standard InChI is InChI=1S/C13H14FN3O2S/c1-8-7-19-13(16-8)20-5-4-12(18)17-11-6-9(15)2-3-10(11)14/h2-3,6-7H,4-5,15H2,1H3,(H,17,18). The van der Waals surface area contributed by atoms with E-state index in [4.69, 9.17) is 10.2 Å². The number of carbonyl (C=O) groups is 1. The molecule has 0 aliphatic rings. The highest BCUT2D eigenvalue weighted by Gasteiger charge is 2.09. The number of benzene rings is 1. The van der Waals surface area contributed by atoms with E-state index in [0.29, 0.717) is 16.7 Å². The van der Waals surface area contributed by atoms with Crippen molar-refractivity contribution in [1.29, 1.82) is 0 Å². The van der Waals surface area contributed by atoms with Crippen molar-refractivity contribution in [3.63, 3.8) is 0 Å². The van der Waals surface area contributed by atoms with Crippen LogP contribution in [0.4, 0.5) is 15.8 Å². The van der Waals surface area contributed by atoms with Gasteiger partial charge in [-0.1, -0.05) is 11.8 Å². The summed E-state index contributed by atoms with van der Waals surface area (Å²) in [5.41, 5.74) is 6.81. The van der Waals surface area contributed by atoms with Gasteiger partial charge in [0.1, 0.15) is 12.1 Å². The Hall–Kier alpha value is -2.02. The summed E-state index contributed by atoms with van der Waals surface area (Å²) in [4.78, 5) is 15.8. The van der Waals surface area contributed by atoms with Gasteiger partial charge in [-0.2, -0.15) is 0 Å². The van der Waals surface area contributed by atoms with E-state index in [1.807, 2.05) is 6.92 Å². The summed E-state index contributed by atoms with van der Waals surface area (Å²) in [6.45, 7) is 1.82. The van der Waals surface area contributed by atoms with Gasteiger partial charge in [-0.05, 0) is 25.1 Å². The molecule has 1 aromatic heterocycles. The number of aryl methyl sites for hydroxylation is 1. The highest BCUT2D eigenvalue weighted by molar-refractivity contribution is 7.99. The molecule has 0 unspecified atom stereocenters. The Labute approximate surface area is 119 Å². The molecular formula is C13H14FN3O2S. The van der Waals surface area contributed by atoms with E-state index in [-0.39, 0.29) is 18.0 Å². The van der Waals surface area contributed by atoms with E-state index in [9.17, 15) is 9.18 Å². The van der Waals surface area contributed by atoms with Crippen molar-refractivity contribution in [3.8, 4) is 0 Å². The van der Waals surface area contributed by atoms with Gasteiger partial charge in [0.2, 0.25) is 5.91 Å². The summed E-state index contributed by atoms with van der Waals surface area (Å²) < 4.78 is 18.6. The molecular weight excluding hydrogens is 281 g/mol. The van der Waals surface area contributed by atoms with Gasteiger partial charge in [-0.15, -0.1) is 0 Å². The van der Waals surface area contributed by atoms with E-state index in [2.05, 4.69) is 10.3 Å². The van der Waals surface area contributed by atoms with E-state index in [1.165, 1.54) is 30.0 Å². The molecule has 5 nitrogen and oxygen atoms in total. The Balaban J connectivity index is 1.82. The van der Waals surface area contributed by atoms with Gasteiger partial charge in [0.15, 0.2) is 0 Å². The average Bonchev–Trinajstić information content (AvgIpc) is 2.80. The van der Waals surface area contributed by atoms with Gasteiger partial charge >= 0.3 is 0 Å². The van der Waals surface area contributed by atoms with Crippen molar-refractivity contribution in [2.75, 3.05) is 16.8 Å². The van der Waals surface area contributed by atoms with E-state index in [1.54, 1.807) is 6.26 Å². The zero-order valence-electron chi connectivity index (χ0n) is 10.9. The predicted molar refractivity (Wildman–Crippen MR) is 76.0 cm³/mol. The molecule has 1 amide bonds. The van der Waals surface area contributed by atoms with E-state index < -0.39 is 5.82 Å². The minimum absolute atomic E-state index is 0.0898. The molecule has 0 radical (unpaired) electrons. The molecule has 106 valence electrons. The molecule has 1 heterocycles. The summed E-state index contributed by atoms with van der Waals surface area (Å²) in [6, 6.07) is 4.04. The highest BCUT2D eigenvalue weighted by Crippen LogP contribution is 2.20.